The van der Waals surface area contributed by atoms with Crippen LogP contribution in [0.2, 0.25) is 0 Å². The number of nitrogens with one attached hydrogen (secondary N) is 2. The number of hydrogen-bond donors (Lipinski definition) is 2. The van der Waals surface area contributed by atoms with Gasteiger partial charge in [-0.15, -0.1) is 0 Å². The van der Waals surface area contributed by atoms with Gasteiger partial charge in [-0.2, -0.15) is 0 Å². The smallest absolute Gasteiger partial charge is 0.234 e. The van der Waals surface area contributed by atoms with Crippen LogP contribution in [0, 0.1) is 5.41 Å². The van der Waals surface area contributed by atoms with Gasteiger partial charge in [-0.25, -0.2) is 0 Å². The van der Waals surface area contributed by atoms with Gasteiger partial charge in [0, 0.05) is 12.6 Å². The van der Waals surface area contributed by atoms with Crippen molar-refractivity contribution in [3.8, 4) is 0 Å². The lowest BCUT2D eigenvalue weighted by atomic mass is 9.90. The van der Waals surface area contributed by atoms with Crippen molar-refractivity contribution in [2.24, 2.45) is 5.41 Å². The van der Waals surface area contributed by atoms with Crippen LogP contribution in [0.25, 0.3) is 0 Å². The lowest BCUT2D eigenvalue weighted by Crippen LogP contribution is -2.38. The molecule has 3 nitrogen and oxygen atoms in total. The highest BCUT2D eigenvalue weighted by atomic mass is 16.2. The average Bonchev–Trinajstić information content (AvgIpc) is 2.88. The van der Waals surface area contributed by atoms with Gasteiger partial charge < -0.3 is 10.6 Å². The molecular weight excluding hydrogens is 176 g/mol. The molecule has 0 atom stereocenters. The second-order valence-electron chi connectivity index (χ2n) is 4.96. The van der Waals surface area contributed by atoms with E-state index in [0.29, 0.717) is 18.0 Å². The van der Waals surface area contributed by atoms with E-state index in [1.165, 1.54) is 0 Å². The fraction of sp³-hybridized carbons (Fsp3) is 0.909. The van der Waals surface area contributed by atoms with E-state index in [1.54, 1.807) is 0 Å². The molecule has 1 aliphatic carbocycles. The van der Waals surface area contributed by atoms with Crippen LogP contribution in [0.4, 0.5) is 0 Å². The molecule has 2 N–H and O–H groups in total. The topological polar surface area (TPSA) is 41.1 Å². The molecule has 0 heterocycles. The van der Waals surface area contributed by atoms with Crippen LogP contribution >= 0.6 is 0 Å². The summed E-state index contributed by atoms with van der Waals surface area (Å²) in [5.74, 6) is 0.138. The first-order chi connectivity index (χ1) is 6.53. The van der Waals surface area contributed by atoms with Crippen molar-refractivity contribution in [2.45, 2.75) is 46.1 Å². The zero-order valence-electron chi connectivity index (χ0n) is 9.52. The minimum absolute atomic E-state index is 0.138. The predicted molar refractivity (Wildman–Crippen MR) is 58.1 cm³/mol. The monoisotopic (exact) mass is 198 g/mol. The number of rotatable bonds is 6. The second-order valence-corrected chi connectivity index (χ2v) is 4.96. The SMILES string of the molecule is CCC(C)(C)CNCC(=O)NC1CC1. The summed E-state index contributed by atoms with van der Waals surface area (Å²) in [6, 6.07) is 0.475. The minimum atomic E-state index is 0.138. The normalized spacial score (nSPS) is 16.8. The molecule has 0 aromatic heterocycles. The quantitative estimate of drug-likeness (QED) is 0.675. The Bertz CT molecular complexity index is 197. The van der Waals surface area contributed by atoms with E-state index in [0.717, 1.165) is 25.8 Å². The van der Waals surface area contributed by atoms with Gasteiger partial charge in [0.1, 0.15) is 0 Å². The summed E-state index contributed by atoms with van der Waals surface area (Å²) in [6.45, 7) is 7.95. The third-order valence-electron chi connectivity index (χ3n) is 2.79. The fourth-order valence-corrected chi connectivity index (χ4v) is 1.15. The first-order valence-corrected chi connectivity index (χ1v) is 5.53. The molecule has 0 spiro atoms. The van der Waals surface area contributed by atoms with Crippen molar-refractivity contribution in [2.75, 3.05) is 13.1 Å². The molecule has 14 heavy (non-hydrogen) atoms. The zero-order valence-corrected chi connectivity index (χ0v) is 9.52. The Labute approximate surface area is 86.6 Å². The molecular formula is C11H22N2O. The molecule has 0 aliphatic heterocycles. The van der Waals surface area contributed by atoms with E-state index in [4.69, 9.17) is 0 Å². The fourth-order valence-electron chi connectivity index (χ4n) is 1.15. The van der Waals surface area contributed by atoms with Crippen molar-refractivity contribution in [3.05, 3.63) is 0 Å². The van der Waals surface area contributed by atoms with Gasteiger partial charge in [0.15, 0.2) is 0 Å². The molecule has 0 saturated heterocycles. The predicted octanol–water partition coefficient (Wildman–Crippen LogP) is 1.29. The van der Waals surface area contributed by atoms with E-state index < -0.39 is 0 Å². The Morgan fingerprint density at radius 3 is 2.57 bits per heavy atom. The van der Waals surface area contributed by atoms with Crippen molar-refractivity contribution in [3.63, 3.8) is 0 Å². The molecule has 0 aromatic carbocycles. The molecule has 3 heteroatoms. The first-order valence-electron chi connectivity index (χ1n) is 5.53. The highest BCUT2D eigenvalue weighted by Gasteiger charge is 2.23. The summed E-state index contributed by atoms with van der Waals surface area (Å²) >= 11 is 0. The third-order valence-corrected chi connectivity index (χ3v) is 2.79. The maximum atomic E-state index is 11.3. The van der Waals surface area contributed by atoms with E-state index in [2.05, 4.69) is 31.4 Å². The van der Waals surface area contributed by atoms with E-state index in [9.17, 15) is 4.79 Å². The molecule has 82 valence electrons. The maximum Gasteiger partial charge on any atom is 0.234 e. The van der Waals surface area contributed by atoms with Crippen molar-refractivity contribution >= 4 is 5.91 Å². The van der Waals surface area contributed by atoms with Gasteiger partial charge in [0.05, 0.1) is 6.54 Å². The van der Waals surface area contributed by atoms with Crippen molar-refractivity contribution in [1.82, 2.24) is 10.6 Å². The molecule has 1 rings (SSSR count). The Morgan fingerprint density at radius 1 is 1.43 bits per heavy atom. The number of carbonyl (C=O) groups excluding carboxylic acids is 1. The number of amides is 1. The Balaban J connectivity index is 2.04. The van der Waals surface area contributed by atoms with Crippen LogP contribution in [-0.2, 0) is 4.79 Å². The van der Waals surface area contributed by atoms with Crippen LogP contribution < -0.4 is 10.6 Å². The number of carbonyl (C=O) groups is 1. The summed E-state index contributed by atoms with van der Waals surface area (Å²) in [7, 11) is 0. The number of hydrogen-bond acceptors (Lipinski definition) is 2. The lowest BCUT2D eigenvalue weighted by molar-refractivity contribution is -0.120. The molecule has 0 radical (unpaired) electrons. The lowest BCUT2D eigenvalue weighted by Gasteiger charge is -2.22. The van der Waals surface area contributed by atoms with Crippen LogP contribution in [0.5, 0.6) is 0 Å². The van der Waals surface area contributed by atoms with Gasteiger partial charge in [0.25, 0.3) is 0 Å². The molecule has 1 fully saturated rings. The van der Waals surface area contributed by atoms with Gasteiger partial charge in [-0.3, -0.25) is 4.79 Å². The van der Waals surface area contributed by atoms with Gasteiger partial charge >= 0.3 is 0 Å². The summed E-state index contributed by atoms with van der Waals surface area (Å²) in [5.41, 5.74) is 0.292. The Kier molecular flexibility index (Phi) is 3.93. The third kappa shape index (κ3) is 4.61. The highest BCUT2D eigenvalue weighted by molar-refractivity contribution is 5.78. The Hall–Kier alpha value is -0.570. The molecule has 0 unspecified atom stereocenters. The van der Waals surface area contributed by atoms with Gasteiger partial charge in [-0.1, -0.05) is 20.8 Å². The Morgan fingerprint density at radius 2 is 2.07 bits per heavy atom. The molecule has 0 aromatic rings. The standard InChI is InChI=1S/C11H22N2O/c1-4-11(2,3)8-12-7-10(14)13-9-5-6-9/h9,12H,4-8H2,1-3H3,(H,13,14). The largest absolute Gasteiger partial charge is 0.352 e. The van der Waals surface area contributed by atoms with Crippen LogP contribution in [-0.4, -0.2) is 25.0 Å². The van der Waals surface area contributed by atoms with Crippen LogP contribution in [0.15, 0.2) is 0 Å². The highest BCUT2D eigenvalue weighted by Crippen LogP contribution is 2.18. The summed E-state index contributed by atoms with van der Waals surface area (Å²) in [6.07, 6.45) is 3.45. The van der Waals surface area contributed by atoms with Crippen molar-refractivity contribution in [1.29, 1.82) is 0 Å². The maximum absolute atomic E-state index is 11.3. The zero-order chi connectivity index (χ0) is 10.6. The van der Waals surface area contributed by atoms with E-state index in [1.807, 2.05) is 0 Å². The van der Waals surface area contributed by atoms with Crippen LogP contribution in [0.3, 0.4) is 0 Å². The molecule has 0 bridgehead atoms. The van der Waals surface area contributed by atoms with Gasteiger partial charge in [-0.05, 0) is 24.7 Å². The molecule has 1 aliphatic rings. The molecule has 1 saturated carbocycles. The van der Waals surface area contributed by atoms with Gasteiger partial charge in [0.2, 0.25) is 5.91 Å². The summed E-state index contributed by atoms with van der Waals surface area (Å²) in [5, 5.41) is 6.15. The van der Waals surface area contributed by atoms with E-state index >= 15 is 0 Å². The summed E-state index contributed by atoms with van der Waals surface area (Å²) in [4.78, 5) is 11.3. The van der Waals surface area contributed by atoms with Crippen molar-refractivity contribution < 1.29 is 4.79 Å². The first kappa shape index (κ1) is 11.5. The average molecular weight is 198 g/mol. The second kappa shape index (κ2) is 4.78. The van der Waals surface area contributed by atoms with Crippen LogP contribution in [0.1, 0.15) is 40.0 Å². The summed E-state index contributed by atoms with van der Waals surface area (Å²) < 4.78 is 0. The minimum Gasteiger partial charge on any atom is -0.352 e. The molecule has 1 amide bonds. The van der Waals surface area contributed by atoms with E-state index in [-0.39, 0.29) is 5.91 Å².